The average molecular weight is 343 g/mol. The molecule has 0 radical (unpaired) electrons. The molecule has 1 aromatic carbocycles. The van der Waals surface area contributed by atoms with Crippen molar-refractivity contribution in [1.29, 1.82) is 0 Å². The Balaban J connectivity index is 1.54. The molecule has 2 fully saturated rings. The van der Waals surface area contributed by atoms with E-state index in [2.05, 4.69) is 0 Å². The number of hydrogen-bond donors (Lipinski definition) is 2. The van der Waals surface area contributed by atoms with Crippen LogP contribution in [0.2, 0.25) is 0 Å². The molecule has 3 rings (SSSR count). The fraction of sp³-hybridized carbons (Fsp3) is 0.500. The number of rotatable bonds is 8. The number of nitrogens with zero attached hydrogens (tertiary/aromatic N) is 1. The summed E-state index contributed by atoms with van der Waals surface area (Å²) in [4.78, 5) is 24.9. The van der Waals surface area contributed by atoms with E-state index in [0.717, 1.165) is 18.4 Å². The topological polar surface area (TPSA) is 77.8 Å². The first-order chi connectivity index (χ1) is 12.0. The van der Waals surface area contributed by atoms with E-state index in [1.165, 1.54) is 12.8 Å². The predicted molar refractivity (Wildman–Crippen MR) is 94.3 cm³/mol. The summed E-state index contributed by atoms with van der Waals surface area (Å²) < 4.78 is 0. The molecule has 1 unspecified atom stereocenters. The van der Waals surface area contributed by atoms with Gasteiger partial charge in [0.25, 0.3) is 0 Å². The standard InChI is InChI=1S/C20H25NO4/c22-18(13-15-1-2-15)9-7-17-8-10-19(23)21(17)12-11-14-3-5-16(6-4-14)20(24)25/h3-7,9,15,17-18,22H,1-2,8,10-13H2,(H,24,25)/t17-,18?/m0/s1. The molecule has 2 aliphatic rings. The highest BCUT2D eigenvalue weighted by atomic mass is 16.4. The highest BCUT2D eigenvalue weighted by molar-refractivity contribution is 5.87. The van der Waals surface area contributed by atoms with Crippen LogP contribution in [0.1, 0.15) is 48.0 Å². The van der Waals surface area contributed by atoms with Gasteiger partial charge in [-0.05, 0) is 42.9 Å². The molecule has 1 aliphatic heterocycles. The van der Waals surface area contributed by atoms with E-state index < -0.39 is 12.1 Å². The van der Waals surface area contributed by atoms with Crippen LogP contribution in [0.4, 0.5) is 0 Å². The zero-order chi connectivity index (χ0) is 17.8. The number of aromatic carboxylic acids is 1. The van der Waals surface area contributed by atoms with Gasteiger partial charge in [0, 0.05) is 13.0 Å². The Kier molecular flexibility index (Phi) is 5.53. The van der Waals surface area contributed by atoms with Crippen molar-refractivity contribution in [2.24, 2.45) is 5.92 Å². The van der Waals surface area contributed by atoms with E-state index in [0.29, 0.717) is 25.3 Å². The molecule has 1 saturated heterocycles. The quantitative estimate of drug-likeness (QED) is 0.711. The van der Waals surface area contributed by atoms with Crippen LogP contribution in [-0.2, 0) is 11.2 Å². The fourth-order valence-corrected chi connectivity index (χ4v) is 3.34. The van der Waals surface area contributed by atoms with E-state index in [-0.39, 0.29) is 17.5 Å². The number of carbonyl (C=O) groups excluding carboxylic acids is 1. The van der Waals surface area contributed by atoms with Gasteiger partial charge in [0.15, 0.2) is 0 Å². The van der Waals surface area contributed by atoms with Crippen molar-refractivity contribution in [3.8, 4) is 0 Å². The number of carboxylic acid groups (broad SMARTS) is 1. The molecule has 2 N–H and O–H groups in total. The predicted octanol–water partition coefficient (Wildman–Crippen LogP) is 2.64. The summed E-state index contributed by atoms with van der Waals surface area (Å²) in [6, 6.07) is 6.84. The molecule has 1 aromatic rings. The number of hydrogen-bond acceptors (Lipinski definition) is 3. The summed E-state index contributed by atoms with van der Waals surface area (Å²) in [7, 11) is 0. The molecule has 1 amide bonds. The minimum atomic E-state index is -0.934. The molecule has 5 nitrogen and oxygen atoms in total. The third-order valence-corrected chi connectivity index (χ3v) is 5.04. The molecule has 25 heavy (non-hydrogen) atoms. The molecular formula is C20H25NO4. The second-order valence-electron chi connectivity index (χ2n) is 7.08. The van der Waals surface area contributed by atoms with Crippen molar-refractivity contribution in [3.63, 3.8) is 0 Å². The van der Waals surface area contributed by atoms with E-state index in [1.807, 2.05) is 17.1 Å². The first-order valence-electron chi connectivity index (χ1n) is 9.01. The number of amides is 1. The Labute approximate surface area is 148 Å². The Hall–Kier alpha value is -2.14. The van der Waals surface area contributed by atoms with Crippen molar-refractivity contribution < 1.29 is 19.8 Å². The van der Waals surface area contributed by atoms with Gasteiger partial charge >= 0.3 is 5.97 Å². The van der Waals surface area contributed by atoms with E-state index >= 15 is 0 Å². The molecular weight excluding hydrogens is 318 g/mol. The SMILES string of the molecule is O=C(O)c1ccc(CCN2C(=O)CC[C@@H]2C=CC(O)CC2CC2)cc1. The van der Waals surface area contributed by atoms with Crippen LogP contribution in [0, 0.1) is 5.92 Å². The number of benzene rings is 1. The van der Waals surface area contributed by atoms with Crippen LogP contribution in [0.15, 0.2) is 36.4 Å². The Morgan fingerprint density at radius 1 is 1.24 bits per heavy atom. The maximum absolute atomic E-state index is 12.1. The summed E-state index contributed by atoms with van der Waals surface area (Å²) in [6.45, 7) is 0.610. The van der Waals surface area contributed by atoms with Gasteiger partial charge in [-0.3, -0.25) is 4.79 Å². The van der Waals surface area contributed by atoms with Crippen LogP contribution < -0.4 is 0 Å². The van der Waals surface area contributed by atoms with Gasteiger partial charge < -0.3 is 15.1 Å². The van der Waals surface area contributed by atoms with Gasteiger partial charge in [-0.1, -0.05) is 37.1 Å². The van der Waals surface area contributed by atoms with Crippen molar-refractivity contribution in [2.75, 3.05) is 6.54 Å². The summed E-state index contributed by atoms with van der Waals surface area (Å²) in [5, 5.41) is 18.9. The molecule has 134 valence electrons. The second-order valence-corrected chi connectivity index (χ2v) is 7.08. The lowest BCUT2D eigenvalue weighted by atomic mass is 10.1. The lowest BCUT2D eigenvalue weighted by molar-refractivity contribution is -0.128. The van der Waals surface area contributed by atoms with Gasteiger partial charge in [0.05, 0.1) is 17.7 Å². The molecule has 1 heterocycles. The highest BCUT2D eigenvalue weighted by Crippen LogP contribution is 2.33. The maximum atomic E-state index is 12.1. The van der Waals surface area contributed by atoms with Gasteiger partial charge in [-0.25, -0.2) is 4.79 Å². The Bertz CT molecular complexity index is 648. The zero-order valence-electron chi connectivity index (χ0n) is 14.3. The van der Waals surface area contributed by atoms with Crippen molar-refractivity contribution in [2.45, 2.75) is 50.7 Å². The summed E-state index contributed by atoms with van der Waals surface area (Å²) in [6.07, 6.45) is 8.72. The molecule has 0 bridgehead atoms. The largest absolute Gasteiger partial charge is 0.478 e. The monoisotopic (exact) mass is 343 g/mol. The van der Waals surface area contributed by atoms with E-state index in [9.17, 15) is 14.7 Å². The summed E-state index contributed by atoms with van der Waals surface area (Å²) in [5.41, 5.74) is 1.28. The normalized spacial score (nSPS) is 21.9. The van der Waals surface area contributed by atoms with E-state index in [4.69, 9.17) is 5.11 Å². The van der Waals surface area contributed by atoms with Gasteiger partial charge in [0.2, 0.25) is 5.91 Å². The van der Waals surface area contributed by atoms with Crippen molar-refractivity contribution in [1.82, 2.24) is 4.90 Å². The average Bonchev–Trinajstić information content (AvgIpc) is 3.33. The molecule has 1 saturated carbocycles. The summed E-state index contributed by atoms with van der Waals surface area (Å²) >= 11 is 0. The van der Waals surface area contributed by atoms with Gasteiger partial charge in [0.1, 0.15) is 0 Å². The molecule has 5 heteroatoms. The van der Waals surface area contributed by atoms with E-state index in [1.54, 1.807) is 24.3 Å². The highest BCUT2D eigenvalue weighted by Gasteiger charge is 2.29. The Morgan fingerprint density at radius 3 is 2.60 bits per heavy atom. The minimum Gasteiger partial charge on any atom is -0.478 e. The lowest BCUT2D eigenvalue weighted by Gasteiger charge is -2.22. The van der Waals surface area contributed by atoms with Crippen molar-refractivity contribution >= 4 is 11.9 Å². The number of aliphatic hydroxyl groups is 1. The lowest BCUT2D eigenvalue weighted by Crippen LogP contribution is -2.33. The fourth-order valence-electron chi connectivity index (χ4n) is 3.34. The smallest absolute Gasteiger partial charge is 0.335 e. The molecule has 0 spiro atoms. The maximum Gasteiger partial charge on any atom is 0.335 e. The van der Waals surface area contributed by atoms with Crippen LogP contribution >= 0.6 is 0 Å². The molecule has 0 aromatic heterocycles. The van der Waals surface area contributed by atoms with Crippen LogP contribution in [0.3, 0.4) is 0 Å². The first-order valence-corrected chi connectivity index (χ1v) is 9.01. The number of carboxylic acids is 1. The Morgan fingerprint density at radius 2 is 1.96 bits per heavy atom. The van der Waals surface area contributed by atoms with Crippen LogP contribution in [0.5, 0.6) is 0 Å². The third-order valence-electron chi connectivity index (χ3n) is 5.04. The molecule has 1 aliphatic carbocycles. The zero-order valence-corrected chi connectivity index (χ0v) is 14.3. The van der Waals surface area contributed by atoms with Gasteiger partial charge in [-0.2, -0.15) is 0 Å². The van der Waals surface area contributed by atoms with Crippen molar-refractivity contribution in [3.05, 3.63) is 47.5 Å². The second kappa shape index (κ2) is 7.83. The number of aliphatic hydroxyl groups excluding tert-OH is 1. The minimum absolute atomic E-state index is 0.0552. The molecule has 2 atom stereocenters. The number of carbonyl (C=O) groups is 2. The van der Waals surface area contributed by atoms with Crippen LogP contribution in [0.25, 0.3) is 0 Å². The van der Waals surface area contributed by atoms with Gasteiger partial charge in [-0.15, -0.1) is 0 Å². The summed E-state index contributed by atoms with van der Waals surface area (Å²) in [5.74, 6) is -0.112. The third kappa shape index (κ3) is 4.92. The first kappa shape index (κ1) is 17.7. The van der Waals surface area contributed by atoms with Crippen LogP contribution in [-0.4, -0.2) is 45.7 Å². The number of likely N-dealkylation sites (tertiary alicyclic amines) is 1.